The Kier molecular flexibility index (Phi) is 11.8. The number of hydrogen-bond acceptors (Lipinski definition) is 8. The topological polar surface area (TPSA) is 121 Å². The predicted octanol–water partition coefficient (Wildman–Crippen LogP) is 3.44. The van der Waals surface area contributed by atoms with Crippen molar-refractivity contribution in [2.24, 2.45) is 5.92 Å². The van der Waals surface area contributed by atoms with Crippen LogP contribution in [0.2, 0.25) is 0 Å². The molecule has 2 amide bonds. The van der Waals surface area contributed by atoms with Gasteiger partial charge in [-0.2, -0.15) is 4.98 Å². The molecule has 3 fully saturated rings. The maximum atomic E-state index is 14.3. The number of likely N-dealkylation sites (N-methyl/N-ethyl adjacent to an activating group) is 1. The molecule has 0 bridgehead atoms. The Morgan fingerprint density at radius 2 is 1.76 bits per heavy atom. The van der Waals surface area contributed by atoms with E-state index < -0.39 is 35.5 Å². The van der Waals surface area contributed by atoms with Crippen molar-refractivity contribution in [3.63, 3.8) is 0 Å². The van der Waals surface area contributed by atoms with Gasteiger partial charge in [-0.15, -0.1) is 24.8 Å². The van der Waals surface area contributed by atoms with E-state index in [-0.39, 0.29) is 65.9 Å². The van der Waals surface area contributed by atoms with Gasteiger partial charge in [0.1, 0.15) is 12.1 Å². The smallest absolute Gasteiger partial charge is 0.251 e. The van der Waals surface area contributed by atoms with Gasteiger partial charge in [0.25, 0.3) is 5.89 Å². The van der Waals surface area contributed by atoms with Crippen molar-refractivity contribution in [3.8, 4) is 0 Å². The number of halogens is 4. The molecule has 0 spiro atoms. The van der Waals surface area contributed by atoms with Crippen molar-refractivity contribution in [2.45, 2.75) is 76.0 Å². The molecule has 1 aromatic carbocycles. The third kappa shape index (κ3) is 7.10. The monoisotopic (exact) mass is 630 g/mol. The SMILES string of the molecule is CN[C@@H](C)C(=O)N[C@H](C(=O)N1C[C@H]2CCCN2C[C@H]1c1nc(C(=O)c2ccc(F)c(F)c2)no1)C1CCCCC1.Cl.Cl. The highest BCUT2D eigenvalue weighted by atomic mass is 35.5. The van der Waals surface area contributed by atoms with Crippen molar-refractivity contribution >= 4 is 42.4 Å². The van der Waals surface area contributed by atoms with E-state index in [4.69, 9.17) is 4.52 Å². The largest absolute Gasteiger partial charge is 0.343 e. The Hall–Kier alpha value is -2.67. The zero-order valence-electron chi connectivity index (χ0n) is 23.7. The summed E-state index contributed by atoms with van der Waals surface area (Å²) in [5, 5.41) is 9.79. The third-order valence-corrected chi connectivity index (χ3v) is 8.60. The van der Waals surface area contributed by atoms with Crippen LogP contribution in [0, 0.1) is 17.6 Å². The first kappa shape index (κ1) is 33.8. The zero-order valence-corrected chi connectivity index (χ0v) is 25.3. The minimum absolute atomic E-state index is 0. The quantitative estimate of drug-likeness (QED) is 0.426. The first-order valence-corrected chi connectivity index (χ1v) is 14.1. The van der Waals surface area contributed by atoms with Crippen LogP contribution in [-0.4, -0.2) is 82.3 Å². The predicted molar refractivity (Wildman–Crippen MR) is 155 cm³/mol. The molecule has 2 N–H and O–H groups in total. The zero-order chi connectivity index (χ0) is 28.4. The lowest BCUT2D eigenvalue weighted by molar-refractivity contribution is -0.145. The average molecular weight is 632 g/mol. The first-order valence-electron chi connectivity index (χ1n) is 14.1. The van der Waals surface area contributed by atoms with Crippen LogP contribution in [0.1, 0.15) is 80.0 Å². The molecule has 3 aliphatic rings. The van der Waals surface area contributed by atoms with Crippen LogP contribution in [0.5, 0.6) is 0 Å². The van der Waals surface area contributed by atoms with Gasteiger partial charge in [-0.25, -0.2) is 8.78 Å². The molecule has 1 saturated carbocycles. The summed E-state index contributed by atoms with van der Waals surface area (Å²) < 4.78 is 32.6. The van der Waals surface area contributed by atoms with Crippen LogP contribution in [0.25, 0.3) is 0 Å². The number of amides is 2. The summed E-state index contributed by atoms with van der Waals surface area (Å²) in [6, 6.07) is 1.24. The highest BCUT2D eigenvalue weighted by molar-refractivity contribution is 6.06. The Morgan fingerprint density at radius 1 is 1.02 bits per heavy atom. The highest BCUT2D eigenvalue weighted by Crippen LogP contribution is 2.35. The highest BCUT2D eigenvalue weighted by Gasteiger charge is 2.45. The number of nitrogens with zero attached hydrogens (tertiary/aromatic N) is 4. The molecule has 5 rings (SSSR count). The van der Waals surface area contributed by atoms with E-state index in [1.54, 1.807) is 18.9 Å². The van der Waals surface area contributed by atoms with E-state index in [1.165, 1.54) is 0 Å². The molecule has 2 aromatic rings. The van der Waals surface area contributed by atoms with E-state index in [2.05, 4.69) is 25.7 Å². The molecule has 0 radical (unpaired) electrons. The number of carbonyl (C=O) groups excluding carboxylic acids is 3. The summed E-state index contributed by atoms with van der Waals surface area (Å²) in [6.45, 7) is 3.52. The normalized spacial score (nSPS) is 22.3. The molecule has 42 heavy (non-hydrogen) atoms. The second kappa shape index (κ2) is 14.7. The molecule has 0 unspecified atom stereocenters. The van der Waals surface area contributed by atoms with Crippen LogP contribution in [0.3, 0.4) is 0 Å². The molecule has 232 valence electrons. The van der Waals surface area contributed by atoms with E-state index in [0.717, 1.165) is 69.7 Å². The average Bonchev–Trinajstić information content (AvgIpc) is 3.65. The van der Waals surface area contributed by atoms with Gasteiger partial charge in [-0.05, 0) is 70.3 Å². The Bertz CT molecular complexity index is 1260. The molecule has 14 heteroatoms. The van der Waals surface area contributed by atoms with Gasteiger partial charge in [0.15, 0.2) is 11.6 Å². The van der Waals surface area contributed by atoms with Crippen LogP contribution in [0.15, 0.2) is 22.7 Å². The van der Waals surface area contributed by atoms with Crippen molar-refractivity contribution in [2.75, 3.05) is 26.7 Å². The van der Waals surface area contributed by atoms with Gasteiger partial charge in [0, 0.05) is 24.7 Å². The number of benzene rings is 1. The number of nitrogens with one attached hydrogen (secondary N) is 2. The summed E-state index contributed by atoms with van der Waals surface area (Å²) in [4.78, 5) is 48.5. The van der Waals surface area contributed by atoms with Gasteiger partial charge in [-0.3, -0.25) is 19.3 Å². The van der Waals surface area contributed by atoms with Gasteiger partial charge in [0.05, 0.1) is 6.04 Å². The molecule has 4 atom stereocenters. The van der Waals surface area contributed by atoms with E-state index in [0.29, 0.717) is 13.1 Å². The minimum Gasteiger partial charge on any atom is -0.343 e. The lowest BCUT2D eigenvalue weighted by atomic mass is 9.82. The van der Waals surface area contributed by atoms with Crippen molar-refractivity contribution < 1.29 is 27.7 Å². The second-order valence-corrected chi connectivity index (χ2v) is 11.1. The maximum Gasteiger partial charge on any atom is 0.251 e. The molecule has 10 nitrogen and oxygen atoms in total. The van der Waals surface area contributed by atoms with E-state index >= 15 is 0 Å². The number of hydrogen-bond donors (Lipinski definition) is 2. The van der Waals surface area contributed by atoms with Gasteiger partial charge in [0.2, 0.25) is 23.4 Å². The number of piperazine rings is 1. The van der Waals surface area contributed by atoms with Crippen LogP contribution in [-0.2, 0) is 9.59 Å². The number of aromatic nitrogens is 2. The fraction of sp³-hybridized carbons (Fsp3) is 0.607. The summed E-state index contributed by atoms with van der Waals surface area (Å²) in [5.74, 6) is -3.53. The third-order valence-electron chi connectivity index (χ3n) is 8.60. The first-order chi connectivity index (χ1) is 19.3. The van der Waals surface area contributed by atoms with Crippen molar-refractivity contribution in [1.29, 1.82) is 0 Å². The molecular weight excluding hydrogens is 593 g/mol. The molecule has 3 heterocycles. The number of carbonyl (C=O) groups is 3. The van der Waals surface area contributed by atoms with Crippen LogP contribution < -0.4 is 10.6 Å². The van der Waals surface area contributed by atoms with E-state index in [9.17, 15) is 23.2 Å². The fourth-order valence-electron chi connectivity index (χ4n) is 6.14. The summed E-state index contributed by atoms with van der Waals surface area (Å²) in [7, 11) is 1.70. The summed E-state index contributed by atoms with van der Waals surface area (Å²) >= 11 is 0. The van der Waals surface area contributed by atoms with Gasteiger partial charge in [-0.1, -0.05) is 24.4 Å². The number of ketones is 1. The van der Waals surface area contributed by atoms with Crippen molar-refractivity contribution in [1.82, 2.24) is 30.6 Å². The lowest BCUT2D eigenvalue weighted by Gasteiger charge is -2.44. The molecule has 1 aliphatic carbocycles. The van der Waals surface area contributed by atoms with E-state index in [1.807, 2.05) is 0 Å². The van der Waals surface area contributed by atoms with Gasteiger partial charge >= 0.3 is 0 Å². The minimum atomic E-state index is -1.15. The van der Waals surface area contributed by atoms with Crippen LogP contribution >= 0.6 is 24.8 Å². The Labute approximate surface area is 256 Å². The Morgan fingerprint density at radius 3 is 2.45 bits per heavy atom. The maximum absolute atomic E-state index is 14.3. The van der Waals surface area contributed by atoms with Crippen LogP contribution in [0.4, 0.5) is 8.78 Å². The molecule has 1 aromatic heterocycles. The molecule has 2 saturated heterocycles. The standard InChI is InChI=1S/C28H36F2N6O4.2ClH/c1-16(31-2)26(38)32-23(17-7-4-3-5-8-17)28(39)36-14-19-9-6-12-35(19)15-22(36)27-33-25(34-40-27)24(37)18-10-11-20(29)21(30)13-18;;/h10-11,13,16-17,19,22-23,31H,3-9,12,14-15H2,1-2H3,(H,32,38);2*1H/t16-,19+,22-,23-;;/m0../s1. The number of rotatable bonds is 8. The lowest BCUT2D eigenvalue weighted by Crippen LogP contribution is -2.61. The number of fused-ring (bicyclic) bond motifs is 1. The van der Waals surface area contributed by atoms with Gasteiger partial charge < -0.3 is 20.1 Å². The molecule has 2 aliphatic heterocycles. The summed E-state index contributed by atoms with van der Waals surface area (Å²) in [6.07, 6.45) is 6.79. The second-order valence-electron chi connectivity index (χ2n) is 11.1. The molecular formula is C28H38Cl2F2N6O4. The van der Waals surface area contributed by atoms with Crippen molar-refractivity contribution in [3.05, 3.63) is 47.1 Å². The fourth-order valence-corrected chi connectivity index (χ4v) is 6.14. The summed E-state index contributed by atoms with van der Waals surface area (Å²) in [5.41, 5.74) is -0.110. The Balaban J connectivity index is 0.00000242.